The Morgan fingerprint density at radius 3 is 2.21 bits per heavy atom. The van der Waals surface area contributed by atoms with Crippen molar-refractivity contribution in [3.05, 3.63) is 47.0 Å². The van der Waals surface area contributed by atoms with Crippen LogP contribution in [-0.4, -0.2) is 13.1 Å². The summed E-state index contributed by atoms with van der Waals surface area (Å²) < 4.78 is 4.92. The van der Waals surface area contributed by atoms with E-state index in [0.29, 0.717) is 0 Å². The van der Waals surface area contributed by atoms with Crippen LogP contribution in [0, 0.1) is 5.41 Å². The lowest BCUT2D eigenvalue weighted by Crippen LogP contribution is -2.21. The molecule has 1 aromatic rings. The van der Waals surface area contributed by atoms with E-state index in [1.807, 2.05) is 45.9 Å². The third-order valence-corrected chi connectivity index (χ3v) is 3.20. The van der Waals surface area contributed by atoms with Crippen molar-refractivity contribution >= 4 is 5.97 Å². The van der Waals surface area contributed by atoms with Crippen LogP contribution in [-0.2, 0) is 16.0 Å². The molecule has 1 aromatic carbocycles. The molecule has 0 heterocycles. The van der Waals surface area contributed by atoms with Crippen LogP contribution in [0.4, 0.5) is 0 Å². The van der Waals surface area contributed by atoms with E-state index in [4.69, 9.17) is 4.74 Å². The van der Waals surface area contributed by atoms with Crippen LogP contribution in [0.25, 0.3) is 0 Å². The van der Waals surface area contributed by atoms with E-state index in [2.05, 4.69) is 12.1 Å². The summed E-state index contributed by atoms with van der Waals surface area (Å²) in [6.07, 6.45) is 1.83. The molecule has 1 rings (SSSR count). The van der Waals surface area contributed by atoms with Gasteiger partial charge < -0.3 is 4.74 Å². The molecule has 0 atom stereocenters. The summed E-state index contributed by atoms with van der Waals surface area (Å²) in [7, 11) is 1.44. The molecule has 0 fully saturated rings. The molecule has 104 valence electrons. The van der Waals surface area contributed by atoms with Crippen molar-refractivity contribution in [1.82, 2.24) is 0 Å². The Bertz CT molecular complexity index is 450. The van der Waals surface area contributed by atoms with E-state index in [0.717, 1.165) is 24.0 Å². The lowest BCUT2D eigenvalue weighted by Gasteiger charge is -2.23. The first-order chi connectivity index (χ1) is 8.86. The maximum Gasteiger partial charge on any atom is 0.334 e. The van der Waals surface area contributed by atoms with Crippen molar-refractivity contribution in [3.8, 4) is 0 Å². The average Bonchev–Trinajstić information content (AvgIpc) is 2.36. The fourth-order valence-corrected chi connectivity index (χ4v) is 2.32. The van der Waals surface area contributed by atoms with E-state index in [-0.39, 0.29) is 11.4 Å². The van der Waals surface area contributed by atoms with Gasteiger partial charge in [0.05, 0.1) is 7.11 Å². The van der Waals surface area contributed by atoms with Crippen molar-refractivity contribution in [2.45, 2.75) is 40.5 Å². The lowest BCUT2D eigenvalue weighted by atomic mass is 9.82. The van der Waals surface area contributed by atoms with Gasteiger partial charge in [-0.1, -0.05) is 56.7 Å². The first kappa shape index (κ1) is 15.5. The number of hydrogen-bond donors (Lipinski definition) is 0. The Labute approximate surface area is 116 Å². The molecular weight excluding hydrogens is 236 g/mol. The summed E-state index contributed by atoms with van der Waals surface area (Å²) in [5.41, 5.74) is 3.02. The number of esters is 1. The molecule has 2 heteroatoms. The predicted octanol–water partition coefficient (Wildman–Crippen LogP) is 4.15. The number of methoxy groups -OCH3 is 1. The maximum atomic E-state index is 11.9. The summed E-state index contributed by atoms with van der Waals surface area (Å²) >= 11 is 0. The van der Waals surface area contributed by atoms with Gasteiger partial charge in [0.2, 0.25) is 0 Å². The van der Waals surface area contributed by atoms with Crippen LogP contribution in [0.15, 0.2) is 41.5 Å². The van der Waals surface area contributed by atoms with Gasteiger partial charge in [0.15, 0.2) is 0 Å². The largest absolute Gasteiger partial charge is 0.466 e. The number of aryl methyl sites for hydroxylation is 1. The van der Waals surface area contributed by atoms with Crippen molar-refractivity contribution < 1.29 is 9.53 Å². The SMILES string of the molecule is COC(=O)/C(=C(\C)CCc1ccccc1)C(C)(C)C. The zero-order chi connectivity index (χ0) is 14.5. The number of hydrogen-bond acceptors (Lipinski definition) is 2. The summed E-state index contributed by atoms with van der Waals surface area (Å²) in [6.45, 7) is 8.17. The van der Waals surface area contributed by atoms with Crippen LogP contribution in [0.1, 0.15) is 39.7 Å². The van der Waals surface area contributed by atoms with Gasteiger partial charge in [0.1, 0.15) is 0 Å². The smallest absolute Gasteiger partial charge is 0.334 e. The third-order valence-electron chi connectivity index (χ3n) is 3.20. The molecule has 0 spiro atoms. The van der Waals surface area contributed by atoms with Crippen LogP contribution in [0.2, 0.25) is 0 Å². The van der Waals surface area contributed by atoms with Crippen molar-refractivity contribution in [2.75, 3.05) is 7.11 Å². The summed E-state index contributed by atoms with van der Waals surface area (Å²) in [5.74, 6) is -0.210. The van der Waals surface area contributed by atoms with E-state index in [1.165, 1.54) is 12.7 Å². The van der Waals surface area contributed by atoms with Crippen LogP contribution >= 0.6 is 0 Å². The van der Waals surface area contributed by atoms with Crippen molar-refractivity contribution in [1.29, 1.82) is 0 Å². The fraction of sp³-hybridized carbons (Fsp3) is 0.471. The molecule has 0 aliphatic rings. The topological polar surface area (TPSA) is 26.3 Å². The number of ether oxygens (including phenoxy) is 1. The standard InChI is InChI=1S/C17H24O2/c1-13(11-12-14-9-7-6-8-10-14)15(16(18)19-5)17(2,3)4/h6-10H,11-12H2,1-5H3/b15-13-. The molecule has 0 aromatic heterocycles. The van der Waals surface area contributed by atoms with Crippen molar-refractivity contribution in [3.63, 3.8) is 0 Å². The fourth-order valence-electron chi connectivity index (χ4n) is 2.32. The molecule has 0 N–H and O–H groups in total. The molecule has 0 aliphatic carbocycles. The average molecular weight is 260 g/mol. The highest BCUT2D eigenvalue weighted by Crippen LogP contribution is 2.30. The molecule has 0 unspecified atom stereocenters. The molecule has 0 amide bonds. The minimum Gasteiger partial charge on any atom is -0.466 e. The zero-order valence-corrected chi connectivity index (χ0v) is 12.6. The highest BCUT2D eigenvalue weighted by molar-refractivity contribution is 5.90. The summed E-state index contributed by atoms with van der Waals surface area (Å²) in [5, 5.41) is 0. The molecule has 19 heavy (non-hydrogen) atoms. The number of benzene rings is 1. The Kier molecular flexibility index (Phi) is 5.34. The first-order valence-corrected chi connectivity index (χ1v) is 6.68. The third kappa shape index (κ3) is 4.55. The summed E-state index contributed by atoms with van der Waals surface area (Å²) in [4.78, 5) is 11.9. The number of carbonyl (C=O) groups is 1. The van der Waals surface area contributed by atoms with E-state index < -0.39 is 0 Å². The lowest BCUT2D eigenvalue weighted by molar-refractivity contribution is -0.137. The van der Waals surface area contributed by atoms with Gasteiger partial charge in [-0.25, -0.2) is 4.79 Å². The zero-order valence-electron chi connectivity index (χ0n) is 12.6. The van der Waals surface area contributed by atoms with Crippen LogP contribution < -0.4 is 0 Å². The number of carbonyl (C=O) groups excluding carboxylic acids is 1. The normalized spacial score (nSPS) is 12.9. The van der Waals surface area contributed by atoms with Crippen molar-refractivity contribution in [2.24, 2.45) is 5.41 Å². The Morgan fingerprint density at radius 2 is 1.74 bits per heavy atom. The van der Waals surface area contributed by atoms with Gasteiger partial charge in [-0.15, -0.1) is 0 Å². The molecule has 0 aliphatic heterocycles. The van der Waals surface area contributed by atoms with E-state index in [9.17, 15) is 4.79 Å². The monoisotopic (exact) mass is 260 g/mol. The minimum atomic E-state index is -0.210. The van der Waals surface area contributed by atoms with Gasteiger partial charge >= 0.3 is 5.97 Å². The number of rotatable bonds is 4. The molecule has 0 saturated carbocycles. The molecule has 0 radical (unpaired) electrons. The van der Waals surface area contributed by atoms with Crippen LogP contribution in [0.5, 0.6) is 0 Å². The second-order valence-electron chi connectivity index (χ2n) is 5.88. The van der Waals surface area contributed by atoms with Crippen LogP contribution in [0.3, 0.4) is 0 Å². The van der Waals surface area contributed by atoms with Gasteiger partial charge in [-0.3, -0.25) is 0 Å². The Balaban J connectivity index is 2.88. The highest BCUT2D eigenvalue weighted by Gasteiger charge is 2.26. The quantitative estimate of drug-likeness (QED) is 0.600. The van der Waals surface area contributed by atoms with E-state index >= 15 is 0 Å². The van der Waals surface area contributed by atoms with E-state index in [1.54, 1.807) is 0 Å². The molecule has 0 saturated heterocycles. The molecule has 2 nitrogen and oxygen atoms in total. The summed E-state index contributed by atoms with van der Waals surface area (Å²) in [6, 6.07) is 10.3. The maximum absolute atomic E-state index is 11.9. The molecular formula is C17H24O2. The van der Waals surface area contributed by atoms with Gasteiger partial charge in [0, 0.05) is 5.57 Å². The van der Waals surface area contributed by atoms with Gasteiger partial charge in [-0.2, -0.15) is 0 Å². The first-order valence-electron chi connectivity index (χ1n) is 6.68. The number of allylic oxidation sites excluding steroid dienone is 1. The van der Waals surface area contributed by atoms with Gasteiger partial charge in [0.25, 0.3) is 0 Å². The second-order valence-corrected chi connectivity index (χ2v) is 5.88. The minimum absolute atomic E-state index is 0.187. The molecule has 0 bridgehead atoms. The predicted molar refractivity (Wildman–Crippen MR) is 78.9 cm³/mol. The Hall–Kier alpha value is -1.57. The van der Waals surface area contributed by atoms with Gasteiger partial charge in [-0.05, 0) is 30.7 Å². The Morgan fingerprint density at radius 1 is 1.16 bits per heavy atom. The second kappa shape index (κ2) is 6.55. The highest BCUT2D eigenvalue weighted by atomic mass is 16.5.